The van der Waals surface area contributed by atoms with E-state index in [1.165, 1.54) is 16.4 Å². The van der Waals surface area contributed by atoms with Crippen LogP contribution in [0.15, 0.2) is 60.8 Å². The average molecular weight is 549 g/mol. The first-order valence-electron chi connectivity index (χ1n) is 11.3. The molecular formula is C25H26Cl2N4O4S. The van der Waals surface area contributed by atoms with Crippen LogP contribution in [0.2, 0.25) is 10.0 Å². The molecule has 36 heavy (non-hydrogen) atoms. The molecule has 0 radical (unpaired) electrons. The van der Waals surface area contributed by atoms with Gasteiger partial charge in [-0.25, -0.2) is 8.42 Å². The fourth-order valence-electron chi connectivity index (χ4n) is 4.12. The number of amides is 1. The van der Waals surface area contributed by atoms with Crippen LogP contribution in [0.3, 0.4) is 0 Å². The molecule has 190 valence electrons. The van der Waals surface area contributed by atoms with Gasteiger partial charge in [-0.15, -0.1) is 0 Å². The molecule has 1 amide bonds. The lowest BCUT2D eigenvalue weighted by Gasteiger charge is -2.36. The summed E-state index contributed by atoms with van der Waals surface area (Å²) in [5.41, 5.74) is 2.41. The molecule has 2 unspecified atom stereocenters. The molecule has 2 N–H and O–H groups in total. The molecule has 4 rings (SSSR count). The van der Waals surface area contributed by atoms with E-state index in [0.29, 0.717) is 47.4 Å². The maximum Gasteiger partial charge on any atom is 0.257 e. The predicted molar refractivity (Wildman–Crippen MR) is 143 cm³/mol. The van der Waals surface area contributed by atoms with Crippen LogP contribution >= 0.6 is 23.2 Å². The van der Waals surface area contributed by atoms with E-state index in [2.05, 4.69) is 15.6 Å². The number of anilines is 2. The van der Waals surface area contributed by atoms with Gasteiger partial charge in [0, 0.05) is 30.5 Å². The molecule has 0 spiro atoms. The number of hydrogen-bond donors (Lipinski definition) is 2. The monoisotopic (exact) mass is 548 g/mol. The molecule has 8 nitrogen and oxygen atoms in total. The average Bonchev–Trinajstić information content (AvgIpc) is 2.85. The van der Waals surface area contributed by atoms with E-state index >= 15 is 0 Å². The molecule has 1 saturated heterocycles. The van der Waals surface area contributed by atoms with Crippen molar-refractivity contribution in [2.24, 2.45) is 0 Å². The minimum absolute atomic E-state index is 0.118. The number of sulfonamides is 1. The fourth-order valence-corrected chi connectivity index (χ4v) is 5.83. The molecule has 0 saturated carbocycles. The number of hydrogen-bond acceptors (Lipinski definition) is 6. The molecule has 1 fully saturated rings. The Bertz CT molecular complexity index is 1350. The molecule has 1 aliphatic rings. The van der Waals surface area contributed by atoms with Gasteiger partial charge < -0.3 is 15.4 Å². The zero-order valence-corrected chi connectivity index (χ0v) is 22.1. The van der Waals surface area contributed by atoms with Gasteiger partial charge in [-0.2, -0.15) is 0 Å². The minimum atomic E-state index is -3.65. The van der Waals surface area contributed by atoms with Crippen LogP contribution in [-0.4, -0.2) is 57.4 Å². The van der Waals surface area contributed by atoms with E-state index in [9.17, 15) is 13.2 Å². The van der Waals surface area contributed by atoms with Crippen molar-refractivity contribution in [2.75, 3.05) is 35.6 Å². The third-order valence-corrected chi connectivity index (χ3v) is 7.74. The Morgan fingerprint density at radius 1 is 1.17 bits per heavy atom. The van der Waals surface area contributed by atoms with Crippen LogP contribution < -0.4 is 14.9 Å². The second-order valence-electron chi connectivity index (χ2n) is 8.44. The maximum absolute atomic E-state index is 13.0. The number of ether oxygens (including phenoxy) is 1. The fraction of sp³-hybridized carbons (Fsp3) is 0.280. The Morgan fingerprint density at radius 2 is 1.97 bits per heavy atom. The predicted octanol–water partition coefficient (Wildman–Crippen LogP) is 4.45. The molecule has 2 heterocycles. The van der Waals surface area contributed by atoms with Gasteiger partial charge in [0.2, 0.25) is 10.0 Å². The summed E-state index contributed by atoms with van der Waals surface area (Å²) in [6.45, 7) is 3.53. The molecular weight excluding hydrogens is 523 g/mol. The number of nitrogens with zero attached hydrogens (tertiary/aromatic N) is 2. The first-order chi connectivity index (χ1) is 17.1. The number of morpholine rings is 1. The quantitative estimate of drug-likeness (QED) is 0.452. The van der Waals surface area contributed by atoms with Crippen LogP contribution in [0.5, 0.6) is 0 Å². The lowest BCUT2D eigenvalue weighted by molar-refractivity contribution is 0.0173. The molecule has 2 atom stereocenters. The van der Waals surface area contributed by atoms with Gasteiger partial charge in [0.1, 0.15) is 0 Å². The second kappa shape index (κ2) is 11.1. The van der Waals surface area contributed by atoms with Crippen molar-refractivity contribution in [3.8, 4) is 11.3 Å². The SMILES string of the molecule is CC(C1CNCCO1)N(c1ccc(C(=O)Nc2ccc(Cl)c(-c3ccccn3)c2)c(Cl)c1)S(C)(=O)=O. The normalized spacial score (nSPS) is 16.8. The largest absolute Gasteiger partial charge is 0.373 e. The topological polar surface area (TPSA) is 101 Å². The number of aromatic nitrogens is 1. The number of halogens is 2. The number of carbonyl (C=O) groups is 1. The molecule has 0 bridgehead atoms. The van der Waals surface area contributed by atoms with E-state index < -0.39 is 22.0 Å². The van der Waals surface area contributed by atoms with Crippen molar-refractivity contribution >= 4 is 50.5 Å². The highest BCUT2D eigenvalue weighted by atomic mass is 35.5. The van der Waals surface area contributed by atoms with Crippen LogP contribution in [0.4, 0.5) is 11.4 Å². The number of carbonyl (C=O) groups excluding carboxylic acids is 1. The molecule has 0 aliphatic carbocycles. The first-order valence-corrected chi connectivity index (χ1v) is 13.9. The highest BCUT2D eigenvalue weighted by Crippen LogP contribution is 2.31. The lowest BCUT2D eigenvalue weighted by atomic mass is 10.1. The van der Waals surface area contributed by atoms with Gasteiger partial charge in [0.15, 0.2) is 0 Å². The highest BCUT2D eigenvalue weighted by molar-refractivity contribution is 7.92. The van der Waals surface area contributed by atoms with Crippen LogP contribution in [0.1, 0.15) is 17.3 Å². The molecule has 2 aromatic carbocycles. The van der Waals surface area contributed by atoms with Gasteiger partial charge in [-0.05, 0) is 55.5 Å². The van der Waals surface area contributed by atoms with Crippen LogP contribution in [0.25, 0.3) is 11.3 Å². The molecule has 3 aromatic rings. The Hall–Kier alpha value is -2.69. The van der Waals surface area contributed by atoms with Gasteiger partial charge in [-0.1, -0.05) is 29.3 Å². The van der Waals surface area contributed by atoms with E-state index in [4.69, 9.17) is 27.9 Å². The zero-order chi connectivity index (χ0) is 25.9. The van der Waals surface area contributed by atoms with Gasteiger partial charge in [-0.3, -0.25) is 14.1 Å². The summed E-state index contributed by atoms with van der Waals surface area (Å²) in [5.74, 6) is -0.445. The number of benzene rings is 2. The van der Waals surface area contributed by atoms with Crippen LogP contribution in [-0.2, 0) is 14.8 Å². The summed E-state index contributed by atoms with van der Waals surface area (Å²) < 4.78 is 32.4. The smallest absolute Gasteiger partial charge is 0.257 e. The Morgan fingerprint density at radius 3 is 2.61 bits per heavy atom. The summed E-state index contributed by atoms with van der Waals surface area (Å²) in [6, 6.07) is 14.6. The number of nitrogens with one attached hydrogen (secondary N) is 2. The van der Waals surface area contributed by atoms with Crippen molar-refractivity contribution < 1.29 is 17.9 Å². The maximum atomic E-state index is 13.0. The van der Waals surface area contributed by atoms with Crippen molar-refractivity contribution in [3.05, 3.63) is 76.4 Å². The zero-order valence-electron chi connectivity index (χ0n) is 19.7. The third-order valence-electron chi connectivity index (χ3n) is 5.84. The van der Waals surface area contributed by atoms with Crippen LogP contribution in [0, 0.1) is 0 Å². The Balaban J connectivity index is 1.57. The summed E-state index contributed by atoms with van der Waals surface area (Å²) in [7, 11) is -3.65. The summed E-state index contributed by atoms with van der Waals surface area (Å²) >= 11 is 12.8. The molecule has 1 aromatic heterocycles. The number of rotatable bonds is 7. The van der Waals surface area contributed by atoms with E-state index in [0.717, 1.165) is 6.26 Å². The lowest BCUT2D eigenvalue weighted by Crippen LogP contribution is -2.52. The van der Waals surface area contributed by atoms with Crippen molar-refractivity contribution in [3.63, 3.8) is 0 Å². The van der Waals surface area contributed by atoms with Crippen molar-refractivity contribution in [2.45, 2.75) is 19.1 Å². The Kier molecular flexibility index (Phi) is 8.17. The standard InChI is InChI=1S/C25H26Cl2N4O4S/c1-16(24-15-28-11-12-35-24)31(36(2,33)34)18-7-8-19(22(27)14-18)25(32)30-17-6-9-21(26)20(13-17)23-5-3-4-10-29-23/h3-10,13-14,16,24,28H,11-12,15H2,1-2H3,(H,30,32). The van der Waals surface area contributed by atoms with Crippen molar-refractivity contribution in [1.29, 1.82) is 0 Å². The molecule has 11 heteroatoms. The van der Waals surface area contributed by atoms with E-state index in [1.807, 2.05) is 12.1 Å². The van der Waals surface area contributed by atoms with E-state index in [-0.39, 0.29) is 16.7 Å². The van der Waals surface area contributed by atoms with Gasteiger partial charge in [0.25, 0.3) is 5.91 Å². The first kappa shape index (κ1) is 26.4. The Labute approximate surface area is 220 Å². The second-order valence-corrected chi connectivity index (χ2v) is 11.1. The van der Waals surface area contributed by atoms with Crippen molar-refractivity contribution in [1.82, 2.24) is 10.3 Å². The molecule has 1 aliphatic heterocycles. The van der Waals surface area contributed by atoms with Gasteiger partial charge >= 0.3 is 0 Å². The highest BCUT2D eigenvalue weighted by Gasteiger charge is 2.32. The summed E-state index contributed by atoms with van der Waals surface area (Å²) in [6.07, 6.45) is 2.47. The van der Waals surface area contributed by atoms with E-state index in [1.54, 1.807) is 43.5 Å². The summed E-state index contributed by atoms with van der Waals surface area (Å²) in [5, 5.41) is 6.65. The number of pyridine rings is 1. The summed E-state index contributed by atoms with van der Waals surface area (Å²) in [4.78, 5) is 17.3. The van der Waals surface area contributed by atoms with Gasteiger partial charge in [0.05, 0.1) is 52.0 Å². The third kappa shape index (κ3) is 5.99. The minimum Gasteiger partial charge on any atom is -0.373 e.